The van der Waals surface area contributed by atoms with E-state index in [1.807, 2.05) is 30.3 Å². The lowest BCUT2D eigenvalue weighted by Crippen LogP contribution is -2.59. The van der Waals surface area contributed by atoms with Crippen LogP contribution in [0.2, 0.25) is 0 Å². The number of likely N-dealkylation sites (N-methyl/N-ethyl adjacent to an activating group) is 1. The van der Waals surface area contributed by atoms with Crippen molar-refractivity contribution < 1.29 is 24.7 Å². The van der Waals surface area contributed by atoms with Crippen LogP contribution in [0.3, 0.4) is 0 Å². The van der Waals surface area contributed by atoms with E-state index in [0.717, 1.165) is 5.56 Å². The lowest BCUT2D eigenvalue weighted by atomic mass is 9.81. The number of hydroxylamine groups is 1. The van der Waals surface area contributed by atoms with Crippen molar-refractivity contribution in [3.63, 3.8) is 0 Å². The molecule has 0 aromatic heterocycles. The van der Waals surface area contributed by atoms with Gasteiger partial charge >= 0.3 is 0 Å². The van der Waals surface area contributed by atoms with Crippen LogP contribution in [0.1, 0.15) is 46.1 Å². The second kappa shape index (κ2) is 10.4. The Kier molecular flexibility index (Phi) is 8.79. The van der Waals surface area contributed by atoms with Gasteiger partial charge in [0.25, 0.3) is 5.91 Å². The maximum absolute atomic E-state index is 13.0. The lowest BCUT2D eigenvalue weighted by molar-refractivity contribution is -0.159. The van der Waals surface area contributed by atoms with Gasteiger partial charge in [0.2, 0.25) is 11.8 Å². The van der Waals surface area contributed by atoms with Gasteiger partial charge in [-0.05, 0) is 37.2 Å². The third-order valence-corrected chi connectivity index (χ3v) is 5.02. The molecule has 8 nitrogen and oxygen atoms in total. The maximum Gasteiger partial charge on any atom is 0.275 e. The van der Waals surface area contributed by atoms with Crippen molar-refractivity contribution in [2.24, 2.45) is 11.3 Å². The molecule has 1 aromatic carbocycles. The number of amides is 3. The minimum Gasteiger partial charge on any atom is -0.379 e. The molecule has 0 fully saturated rings. The van der Waals surface area contributed by atoms with Crippen LogP contribution >= 0.6 is 0 Å². The Morgan fingerprint density at radius 2 is 1.62 bits per heavy atom. The number of nitrogens with one attached hydrogen (secondary N) is 3. The summed E-state index contributed by atoms with van der Waals surface area (Å²) in [5, 5.41) is 24.9. The summed E-state index contributed by atoms with van der Waals surface area (Å²) in [6.07, 6.45) is 1.36. The second-order valence-electron chi connectivity index (χ2n) is 8.44. The predicted octanol–water partition coefficient (Wildman–Crippen LogP) is 1.16. The van der Waals surface area contributed by atoms with Crippen LogP contribution in [-0.2, 0) is 20.8 Å². The molecule has 29 heavy (non-hydrogen) atoms. The lowest BCUT2D eigenvalue weighted by Gasteiger charge is -2.34. The Morgan fingerprint density at radius 3 is 2.10 bits per heavy atom. The molecular weight excluding hydrogens is 374 g/mol. The molecule has 0 saturated heterocycles. The summed E-state index contributed by atoms with van der Waals surface area (Å²) < 4.78 is 0. The smallest absolute Gasteiger partial charge is 0.275 e. The van der Waals surface area contributed by atoms with E-state index >= 15 is 0 Å². The van der Waals surface area contributed by atoms with Gasteiger partial charge in [-0.25, -0.2) is 5.48 Å². The van der Waals surface area contributed by atoms with Crippen LogP contribution in [0.15, 0.2) is 30.3 Å². The van der Waals surface area contributed by atoms with Gasteiger partial charge in [-0.2, -0.15) is 0 Å². The van der Waals surface area contributed by atoms with Crippen molar-refractivity contribution in [1.29, 1.82) is 0 Å². The average Bonchev–Trinajstić information content (AvgIpc) is 2.67. The van der Waals surface area contributed by atoms with Gasteiger partial charge in [-0.3, -0.25) is 19.6 Å². The highest BCUT2D eigenvalue weighted by Crippen LogP contribution is 2.26. The Hall–Kier alpha value is -2.45. The summed E-state index contributed by atoms with van der Waals surface area (Å²) in [5.41, 5.74) is -0.256. The summed E-state index contributed by atoms with van der Waals surface area (Å²) in [5.74, 6) is -3.24. The van der Waals surface area contributed by atoms with Crippen LogP contribution in [0.4, 0.5) is 0 Å². The topological polar surface area (TPSA) is 128 Å². The van der Waals surface area contributed by atoms with Gasteiger partial charge in [0.05, 0.1) is 5.92 Å². The highest BCUT2D eigenvalue weighted by atomic mass is 16.5. The van der Waals surface area contributed by atoms with Gasteiger partial charge in [0, 0.05) is 7.05 Å². The first kappa shape index (κ1) is 24.6. The first-order valence-corrected chi connectivity index (χ1v) is 9.68. The predicted molar refractivity (Wildman–Crippen MR) is 109 cm³/mol. The summed E-state index contributed by atoms with van der Waals surface area (Å²) in [7, 11) is 1.47. The van der Waals surface area contributed by atoms with E-state index in [0.29, 0.717) is 12.8 Å². The molecule has 0 bridgehead atoms. The van der Waals surface area contributed by atoms with E-state index < -0.39 is 34.8 Å². The van der Waals surface area contributed by atoms with Gasteiger partial charge in [-0.15, -0.1) is 0 Å². The number of hydrogen-bond donors (Lipinski definition) is 5. The fourth-order valence-corrected chi connectivity index (χ4v) is 3.16. The van der Waals surface area contributed by atoms with Crippen LogP contribution in [-0.4, -0.2) is 46.7 Å². The molecule has 5 N–H and O–H groups in total. The van der Waals surface area contributed by atoms with Crippen molar-refractivity contribution in [2.45, 2.75) is 58.6 Å². The number of rotatable bonds is 9. The molecule has 1 aromatic rings. The fraction of sp³-hybridized carbons (Fsp3) is 0.571. The summed E-state index contributed by atoms with van der Waals surface area (Å²) in [4.78, 5) is 37.3. The van der Waals surface area contributed by atoms with Crippen molar-refractivity contribution in [3.8, 4) is 0 Å². The molecule has 0 saturated carbocycles. The SMILES string of the molecule is CNC(=O)[C@@H](NC(=O)[C@H](CCCc1ccccc1)[C@@](C)(O)C(=O)NO)C(C)(C)C. The molecule has 0 aliphatic rings. The number of hydrogen-bond acceptors (Lipinski definition) is 5. The van der Waals surface area contributed by atoms with E-state index in [1.165, 1.54) is 19.5 Å². The van der Waals surface area contributed by atoms with Gasteiger partial charge in [0.1, 0.15) is 6.04 Å². The van der Waals surface area contributed by atoms with Crippen LogP contribution in [0.25, 0.3) is 0 Å². The largest absolute Gasteiger partial charge is 0.379 e. The zero-order chi connectivity index (χ0) is 22.2. The normalized spacial score (nSPS) is 15.6. The summed E-state index contributed by atoms with van der Waals surface area (Å²) >= 11 is 0. The first-order valence-electron chi connectivity index (χ1n) is 9.68. The average molecular weight is 408 g/mol. The van der Waals surface area contributed by atoms with Crippen LogP contribution in [0, 0.1) is 11.3 Å². The zero-order valence-electron chi connectivity index (χ0n) is 17.8. The minimum absolute atomic E-state index is 0.186. The molecule has 0 unspecified atom stereocenters. The third kappa shape index (κ3) is 6.83. The monoisotopic (exact) mass is 407 g/mol. The van der Waals surface area contributed by atoms with Crippen LogP contribution < -0.4 is 16.1 Å². The van der Waals surface area contributed by atoms with E-state index in [4.69, 9.17) is 5.21 Å². The Bertz CT molecular complexity index is 698. The molecule has 3 atom stereocenters. The van der Waals surface area contributed by atoms with Crippen molar-refractivity contribution in [3.05, 3.63) is 35.9 Å². The molecule has 0 aliphatic heterocycles. The number of carbonyl (C=O) groups excluding carboxylic acids is 3. The van der Waals surface area contributed by atoms with E-state index in [-0.39, 0.29) is 12.3 Å². The van der Waals surface area contributed by atoms with Crippen LogP contribution in [0.5, 0.6) is 0 Å². The molecule has 0 radical (unpaired) electrons. The molecule has 0 aliphatic carbocycles. The molecule has 162 valence electrons. The zero-order valence-corrected chi connectivity index (χ0v) is 17.8. The Labute approximate surface area is 172 Å². The van der Waals surface area contributed by atoms with E-state index in [2.05, 4.69) is 10.6 Å². The Morgan fingerprint density at radius 1 is 1.03 bits per heavy atom. The Balaban J connectivity index is 3.03. The van der Waals surface area contributed by atoms with E-state index in [1.54, 1.807) is 20.8 Å². The molecular formula is C21H33N3O5. The maximum atomic E-state index is 13.0. The van der Waals surface area contributed by atoms with Crippen molar-refractivity contribution >= 4 is 17.7 Å². The first-order chi connectivity index (χ1) is 13.4. The van der Waals surface area contributed by atoms with Crippen molar-refractivity contribution in [2.75, 3.05) is 7.05 Å². The molecule has 0 spiro atoms. The quantitative estimate of drug-likeness (QED) is 0.310. The standard InChI is InChI=1S/C21H33N3O5/c1-20(2,3)16(18(26)22-5)23-17(25)15(21(4,28)19(27)24-29)13-9-12-14-10-7-6-8-11-14/h6-8,10-11,15-16,28-29H,9,12-13H2,1-5H3,(H,22,26)(H,23,25)(H,24,27)/t15-,16+,21+/m0/s1. The third-order valence-electron chi connectivity index (χ3n) is 5.02. The van der Waals surface area contributed by atoms with Crippen molar-refractivity contribution in [1.82, 2.24) is 16.1 Å². The highest BCUT2D eigenvalue weighted by molar-refractivity contribution is 5.94. The number of aryl methyl sites for hydroxylation is 1. The summed E-state index contributed by atoms with van der Waals surface area (Å²) in [6, 6.07) is 8.77. The fourth-order valence-electron chi connectivity index (χ4n) is 3.16. The number of aliphatic hydroxyl groups is 1. The highest BCUT2D eigenvalue weighted by Gasteiger charge is 2.45. The van der Waals surface area contributed by atoms with Gasteiger partial charge < -0.3 is 15.7 Å². The summed E-state index contributed by atoms with van der Waals surface area (Å²) in [6.45, 7) is 6.58. The molecule has 0 heterocycles. The molecule has 8 heteroatoms. The van der Waals surface area contributed by atoms with Gasteiger partial charge in [-0.1, -0.05) is 51.1 Å². The molecule has 3 amide bonds. The van der Waals surface area contributed by atoms with Gasteiger partial charge in [0.15, 0.2) is 5.60 Å². The second-order valence-corrected chi connectivity index (χ2v) is 8.44. The molecule has 1 rings (SSSR count). The minimum atomic E-state index is -2.15. The van der Waals surface area contributed by atoms with E-state index in [9.17, 15) is 19.5 Å². The number of carbonyl (C=O) groups is 3. The number of benzene rings is 1.